The quantitative estimate of drug-likeness (QED) is 0.624. The van der Waals surface area contributed by atoms with E-state index in [1.54, 1.807) is 4.52 Å². The standard InChI is InChI=1S/C18H15N5/c1-13-7-5-6-10-15(13)18-21-20-17-12-11-16(22-23(17)18)19-14-8-3-2-4-9-14/h2-12H,1H3,(H,19,22). The molecule has 2 heterocycles. The molecule has 0 fully saturated rings. The number of rotatable bonds is 3. The highest BCUT2D eigenvalue weighted by Gasteiger charge is 2.11. The van der Waals surface area contributed by atoms with Gasteiger partial charge in [-0.2, -0.15) is 4.52 Å². The summed E-state index contributed by atoms with van der Waals surface area (Å²) >= 11 is 0. The van der Waals surface area contributed by atoms with Crippen LogP contribution in [-0.2, 0) is 0 Å². The fourth-order valence-electron chi connectivity index (χ4n) is 2.52. The van der Waals surface area contributed by atoms with Gasteiger partial charge in [-0.3, -0.25) is 0 Å². The van der Waals surface area contributed by atoms with E-state index in [0.29, 0.717) is 0 Å². The summed E-state index contributed by atoms with van der Waals surface area (Å²) < 4.78 is 1.77. The molecule has 0 aliphatic heterocycles. The normalized spacial score (nSPS) is 10.8. The van der Waals surface area contributed by atoms with Crippen molar-refractivity contribution in [2.75, 3.05) is 5.32 Å². The Morgan fingerprint density at radius 3 is 2.43 bits per heavy atom. The zero-order valence-corrected chi connectivity index (χ0v) is 12.6. The molecule has 0 radical (unpaired) electrons. The van der Waals surface area contributed by atoms with Crippen LogP contribution >= 0.6 is 0 Å². The summed E-state index contributed by atoms with van der Waals surface area (Å²) in [6, 6.07) is 21.9. The summed E-state index contributed by atoms with van der Waals surface area (Å²) in [6.07, 6.45) is 0. The van der Waals surface area contributed by atoms with Crippen LogP contribution in [0.1, 0.15) is 5.56 Å². The van der Waals surface area contributed by atoms with Gasteiger partial charge in [0.05, 0.1) is 0 Å². The first-order valence-corrected chi connectivity index (χ1v) is 7.42. The van der Waals surface area contributed by atoms with Crippen molar-refractivity contribution >= 4 is 17.2 Å². The van der Waals surface area contributed by atoms with E-state index in [2.05, 4.69) is 33.6 Å². The van der Waals surface area contributed by atoms with Gasteiger partial charge in [0.15, 0.2) is 17.3 Å². The van der Waals surface area contributed by atoms with Crippen LogP contribution in [0.3, 0.4) is 0 Å². The number of para-hydroxylation sites is 1. The number of fused-ring (bicyclic) bond motifs is 1. The van der Waals surface area contributed by atoms with Crippen LogP contribution in [0, 0.1) is 6.92 Å². The van der Waals surface area contributed by atoms with Gasteiger partial charge in [0.2, 0.25) is 0 Å². The first-order valence-electron chi connectivity index (χ1n) is 7.42. The van der Waals surface area contributed by atoms with Gasteiger partial charge in [0, 0.05) is 11.3 Å². The number of hydrogen-bond donors (Lipinski definition) is 1. The molecule has 4 aromatic rings. The Hall–Kier alpha value is -3.21. The SMILES string of the molecule is Cc1ccccc1-c1nnc2ccc(Nc3ccccc3)nn12. The van der Waals surface area contributed by atoms with E-state index in [1.165, 1.54) is 0 Å². The molecular formula is C18H15N5. The molecule has 0 amide bonds. The first kappa shape index (κ1) is 13.5. The molecule has 0 aliphatic carbocycles. The third-order valence-electron chi connectivity index (χ3n) is 3.69. The molecule has 5 nitrogen and oxygen atoms in total. The summed E-state index contributed by atoms with van der Waals surface area (Å²) in [5.74, 6) is 1.49. The predicted molar refractivity (Wildman–Crippen MR) is 90.7 cm³/mol. The molecule has 0 spiro atoms. The van der Waals surface area contributed by atoms with Crippen molar-refractivity contribution in [3.8, 4) is 11.4 Å². The lowest BCUT2D eigenvalue weighted by molar-refractivity contribution is 0.940. The topological polar surface area (TPSA) is 55.1 Å². The smallest absolute Gasteiger partial charge is 0.185 e. The Morgan fingerprint density at radius 2 is 1.61 bits per heavy atom. The van der Waals surface area contributed by atoms with Crippen LogP contribution in [0.25, 0.3) is 17.0 Å². The second-order valence-corrected chi connectivity index (χ2v) is 5.32. The molecule has 0 aliphatic rings. The maximum atomic E-state index is 4.63. The van der Waals surface area contributed by atoms with Gasteiger partial charge in [-0.05, 0) is 36.8 Å². The molecule has 23 heavy (non-hydrogen) atoms. The molecule has 4 rings (SSSR count). The lowest BCUT2D eigenvalue weighted by Gasteiger charge is -2.07. The van der Waals surface area contributed by atoms with Crippen molar-refractivity contribution in [3.05, 3.63) is 72.3 Å². The van der Waals surface area contributed by atoms with Gasteiger partial charge < -0.3 is 5.32 Å². The van der Waals surface area contributed by atoms with Crippen LogP contribution in [0.15, 0.2) is 66.7 Å². The Balaban J connectivity index is 1.79. The Kier molecular flexibility index (Phi) is 3.24. The third kappa shape index (κ3) is 2.53. The fraction of sp³-hybridized carbons (Fsp3) is 0.0556. The monoisotopic (exact) mass is 301 g/mol. The average molecular weight is 301 g/mol. The molecule has 5 heteroatoms. The van der Waals surface area contributed by atoms with E-state index in [4.69, 9.17) is 0 Å². The van der Waals surface area contributed by atoms with Crippen LogP contribution in [-0.4, -0.2) is 19.8 Å². The number of nitrogens with one attached hydrogen (secondary N) is 1. The second kappa shape index (κ2) is 5.53. The van der Waals surface area contributed by atoms with Crippen molar-refractivity contribution in [1.29, 1.82) is 0 Å². The van der Waals surface area contributed by atoms with E-state index in [1.807, 2.05) is 60.7 Å². The summed E-state index contributed by atoms with van der Waals surface area (Å²) in [6.45, 7) is 2.06. The van der Waals surface area contributed by atoms with Crippen LogP contribution in [0.2, 0.25) is 0 Å². The molecule has 112 valence electrons. The van der Waals surface area contributed by atoms with Gasteiger partial charge in [-0.25, -0.2) is 0 Å². The number of benzene rings is 2. The predicted octanol–water partition coefficient (Wildman–Crippen LogP) is 3.84. The Bertz CT molecular complexity index is 959. The van der Waals surface area contributed by atoms with Gasteiger partial charge in [0.1, 0.15) is 0 Å². The highest BCUT2D eigenvalue weighted by atomic mass is 15.4. The summed E-state index contributed by atoms with van der Waals surface area (Å²) in [4.78, 5) is 0. The number of nitrogens with zero attached hydrogens (tertiary/aromatic N) is 4. The largest absolute Gasteiger partial charge is 0.339 e. The molecule has 0 saturated carbocycles. The highest BCUT2D eigenvalue weighted by molar-refractivity contribution is 5.64. The highest BCUT2D eigenvalue weighted by Crippen LogP contribution is 2.22. The van der Waals surface area contributed by atoms with Crippen molar-refractivity contribution in [3.63, 3.8) is 0 Å². The van der Waals surface area contributed by atoms with Gasteiger partial charge in [-0.15, -0.1) is 15.3 Å². The zero-order valence-electron chi connectivity index (χ0n) is 12.6. The Labute approximate surface area is 133 Å². The summed E-state index contributed by atoms with van der Waals surface area (Å²) in [5.41, 5.74) is 3.89. The maximum absolute atomic E-state index is 4.63. The Morgan fingerprint density at radius 1 is 0.826 bits per heavy atom. The van der Waals surface area contributed by atoms with E-state index in [-0.39, 0.29) is 0 Å². The minimum absolute atomic E-state index is 0.724. The fourth-order valence-corrected chi connectivity index (χ4v) is 2.52. The van der Waals surface area contributed by atoms with E-state index < -0.39 is 0 Å². The molecule has 2 aromatic carbocycles. The number of aromatic nitrogens is 4. The van der Waals surface area contributed by atoms with Crippen LogP contribution in [0.5, 0.6) is 0 Å². The van der Waals surface area contributed by atoms with Crippen molar-refractivity contribution < 1.29 is 0 Å². The molecular weight excluding hydrogens is 286 g/mol. The summed E-state index contributed by atoms with van der Waals surface area (Å²) in [7, 11) is 0. The molecule has 0 atom stereocenters. The number of anilines is 2. The second-order valence-electron chi connectivity index (χ2n) is 5.32. The minimum atomic E-state index is 0.724. The number of aryl methyl sites for hydroxylation is 1. The maximum Gasteiger partial charge on any atom is 0.185 e. The molecule has 0 saturated heterocycles. The average Bonchev–Trinajstić information content (AvgIpc) is 2.99. The molecule has 2 aromatic heterocycles. The lowest BCUT2D eigenvalue weighted by atomic mass is 10.1. The van der Waals surface area contributed by atoms with Gasteiger partial charge in [-0.1, -0.05) is 42.5 Å². The van der Waals surface area contributed by atoms with E-state index in [9.17, 15) is 0 Å². The third-order valence-corrected chi connectivity index (χ3v) is 3.69. The van der Waals surface area contributed by atoms with E-state index in [0.717, 1.165) is 34.1 Å². The van der Waals surface area contributed by atoms with Crippen molar-refractivity contribution in [2.24, 2.45) is 0 Å². The van der Waals surface area contributed by atoms with Crippen molar-refractivity contribution in [2.45, 2.75) is 6.92 Å². The van der Waals surface area contributed by atoms with Gasteiger partial charge >= 0.3 is 0 Å². The minimum Gasteiger partial charge on any atom is -0.339 e. The molecule has 0 unspecified atom stereocenters. The summed E-state index contributed by atoms with van der Waals surface area (Å²) in [5, 5.41) is 16.4. The first-order chi connectivity index (χ1) is 11.3. The lowest BCUT2D eigenvalue weighted by Crippen LogP contribution is -2.01. The van der Waals surface area contributed by atoms with Gasteiger partial charge in [0.25, 0.3) is 0 Å². The van der Waals surface area contributed by atoms with Crippen LogP contribution < -0.4 is 5.32 Å². The molecule has 0 bridgehead atoms. The van der Waals surface area contributed by atoms with Crippen molar-refractivity contribution in [1.82, 2.24) is 19.8 Å². The van der Waals surface area contributed by atoms with Crippen LogP contribution in [0.4, 0.5) is 11.5 Å². The zero-order chi connectivity index (χ0) is 15.6. The van der Waals surface area contributed by atoms with E-state index >= 15 is 0 Å². The number of hydrogen-bond acceptors (Lipinski definition) is 4. The molecule has 1 N–H and O–H groups in total.